The molecule has 0 aromatic heterocycles. The van der Waals surface area contributed by atoms with Crippen molar-refractivity contribution in [3.8, 4) is 11.5 Å². The van der Waals surface area contributed by atoms with Crippen molar-refractivity contribution in [3.05, 3.63) is 35.4 Å². The molecule has 6 aliphatic rings. The summed E-state index contributed by atoms with van der Waals surface area (Å²) in [5.41, 5.74) is 2.35. The number of nitrogens with zero attached hydrogens (tertiary/aromatic N) is 1. The summed E-state index contributed by atoms with van der Waals surface area (Å²) in [5.74, 6) is 3.70. The van der Waals surface area contributed by atoms with Gasteiger partial charge in [-0.05, 0) is 80.5 Å². The summed E-state index contributed by atoms with van der Waals surface area (Å²) in [7, 11) is 2.16. The van der Waals surface area contributed by atoms with Gasteiger partial charge >= 0.3 is 5.97 Å². The normalized spacial score (nSPS) is 41.9. The van der Waals surface area contributed by atoms with Crippen LogP contribution in [0.5, 0.6) is 11.5 Å². The molecule has 3 saturated carbocycles. The number of benzene rings is 1. The Morgan fingerprint density at radius 3 is 3.00 bits per heavy atom. The second kappa shape index (κ2) is 7.57. The van der Waals surface area contributed by atoms with E-state index in [1.54, 1.807) is 0 Å². The Bertz CT molecular complexity index is 1050. The van der Waals surface area contributed by atoms with Gasteiger partial charge in [0.2, 0.25) is 0 Å². The van der Waals surface area contributed by atoms with Gasteiger partial charge in [-0.3, -0.25) is 4.79 Å². The Kier molecular flexibility index (Phi) is 4.77. The van der Waals surface area contributed by atoms with Crippen molar-refractivity contribution in [1.82, 2.24) is 4.90 Å². The maximum atomic E-state index is 13.4. The summed E-state index contributed by atoms with van der Waals surface area (Å²) in [6.45, 7) is 1.83. The Morgan fingerprint density at radius 1 is 1.21 bits per heavy atom. The number of aliphatic hydroxyl groups is 1. The second-order valence-electron chi connectivity index (χ2n) is 12.5. The first-order chi connectivity index (χ1) is 16.4. The van der Waals surface area contributed by atoms with Crippen molar-refractivity contribution in [2.24, 2.45) is 23.2 Å². The third-order valence-corrected chi connectivity index (χ3v) is 10.3. The first-order valence-corrected chi connectivity index (χ1v) is 13.5. The first kappa shape index (κ1) is 21.4. The molecule has 1 spiro atoms. The van der Waals surface area contributed by atoms with Crippen molar-refractivity contribution in [2.45, 2.75) is 88.4 Å². The van der Waals surface area contributed by atoms with E-state index in [1.807, 2.05) is 12.1 Å². The largest absolute Gasteiger partial charge is 0.485 e. The minimum atomic E-state index is -0.486. The van der Waals surface area contributed by atoms with E-state index in [0.717, 1.165) is 43.0 Å². The van der Waals surface area contributed by atoms with Gasteiger partial charge in [0.15, 0.2) is 11.5 Å². The van der Waals surface area contributed by atoms with Gasteiger partial charge in [0, 0.05) is 18.5 Å². The summed E-state index contributed by atoms with van der Waals surface area (Å²) in [6.07, 6.45) is 14.7. The Balaban J connectivity index is 1.18. The number of fused-ring (bicyclic) bond motifs is 2. The molecule has 5 heteroatoms. The lowest BCUT2D eigenvalue weighted by molar-refractivity contribution is -0.137. The highest BCUT2D eigenvalue weighted by Crippen LogP contribution is 2.62. The lowest BCUT2D eigenvalue weighted by atomic mass is 9.68. The van der Waals surface area contributed by atoms with E-state index in [4.69, 9.17) is 9.47 Å². The van der Waals surface area contributed by atoms with Crippen LogP contribution < -0.4 is 9.47 Å². The van der Waals surface area contributed by atoms with Crippen molar-refractivity contribution >= 4 is 5.97 Å². The molecule has 5 unspecified atom stereocenters. The van der Waals surface area contributed by atoms with Gasteiger partial charge in [0.1, 0.15) is 6.10 Å². The maximum absolute atomic E-state index is 13.4. The minimum Gasteiger partial charge on any atom is -0.485 e. The van der Waals surface area contributed by atoms with E-state index in [-0.39, 0.29) is 22.9 Å². The fourth-order valence-electron chi connectivity index (χ4n) is 9.00. The van der Waals surface area contributed by atoms with E-state index in [0.29, 0.717) is 18.6 Å². The number of hydrogen-bond donors (Lipinski definition) is 1. The van der Waals surface area contributed by atoms with Crippen LogP contribution >= 0.6 is 0 Å². The van der Waals surface area contributed by atoms with E-state index in [1.165, 1.54) is 56.1 Å². The fourth-order valence-corrected chi connectivity index (χ4v) is 9.00. The predicted molar refractivity (Wildman–Crippen MR) is 129 cm³/mol. The van der Waals surface area contributed by atoms with Crippen LogP contribution in [0.2, 0.25) is 0 Å². The topological polar surface area (TPSA) is 59.0 Å². The molecule has 4 aliphatic carbocycles. The number of carbonyl (C=O) groups excluding carboxylic acids is 1. The molecule has 1 aromatic rings. The Morgan fingerprint density at radius 2 is 2.09 bits per heavy atom. The molecule has 0 radical (unpaired) electrons. The predicted octanol–water partition coefficient (Wildman–Crippen LogP) is 4.74. The van der Waals surface area contributed by atoms with Crippen LogP contribution in [-0.2, 0) is 16.8 Å². The van der Waals surface area contributed by atoms with Gasteiger partial charge in [-0.15, -0.1) is 0 Å². The smallest absolute Gasteiger partial charge is 0.311 e. The van der Waals surface area contributed by atoms with Gasteiger partial charge in [-0.25, -0.2) is 0 Å². The molecule has 182 valence electrons. The molecule has 34 heavy (non-hydrogen) atoms. The summed E-state index contributed by atoms with van der Waals surface area (Å²) < 4.78 is 12.7. The zero-order valence-electron chi connectivity index (χ0n) is 20.3. The summed E-state index contributed by atoms with van der Waals surface area (Å²) >= 11 is 0. The molecular weight excluding hydrogens is 426 g/mol. The second-order valence-corrected chi connectivity index (χ2v) is 12.5. The van der Waals surface area contributed by atoms with E-state index >= 15 is 0 Å². The van der Waals surface area contributed by atoms with Crippen LogP contribution in [0.25, 0.3) is 0 Å². The first-order valence-electron chi connectivity index (χ1n) is 13.5. The van der Waals surface area contributed by atoms with Crippen molar-refractivity contribution in [3.63, 3.8) is 0 Å². The average Bonchev–Trinajstić information content (AvgIpc) is 3.13. The molecule has 3 bridgehead atoms. The van der Waals surface area contributed by atoms with Gasteiger partial charge in [0.25, 0.3) is 0 Å². The van der Waals surface area contributed by atoms with Crippen LogP contribution in [-0.4, -0.2) is 41.8 Å². The zero-order valence-corrected chi connectivity index (χ0v) is 20.3. The summed E-state index contributed by atoms with van der Waals surface area (Å²) in [6, 6.07) is 4.08. The monoisotopic (exact) mass is 463 g/mol. The number of esters is 1. The van der Waals surface area contributed by atoms with Gasteiger partial charge in [-0.2, -0.15) is 0 Å². The van der Waals surface area contributed by atoms with Crippen molar-refractivity contribution in [1.29, 1.82) is 0 Å². The third kappa shape index (κ3) is 3.22. The van der Waals surface area contributed by atoms with Gasteiger partial charge in [0.05, 0.1) is 17.9 Å². The molecule has 2 aliphatic heterocycles. The Labute approximate surface area is 202 Å². The van der Waals surface area contributed by atoms with Crippen LogP contribution in [0.3, 0.4) is 0 Å². The van der Waals surface area contributed by atoms with Crippen LogP contribution in [0.1, 0.15) is 75.3 Å². The molecule has 3 fully saturated rings. The maximum Gasteiger partial charge on any atom is 0.311 e. The number of rotatable bonds is 3. The molecule has 1 N–H and O–H groups in total. The number of carbonyl (C=O) groups is 1. The lowest BCUT2D eigenvalue weighted by Gasteiger charge is -2.37. The molecule has 0 amide bonds. The number of aliphatic hydroxyl groups excluding tert-OH is 1. The standard InChI is InChI=1S/C29H37NO4/c1-30-10-9-29-8-7-22(31)12-24(29)34-27-23(6-5-20(17-30)26(27)29)33-25(32)16-28-13-18-3-2-4-19(14-28)21(11-18)15-28/h5-8,18-19,21-22,24,31H,2-4,9-17H2,1H3/t18?,19?,21?,22-,24?,28?,29-/m0/s1. The van der Waals surface area contributed by atoms with E-state index in [9.17, 15) is 9.90 Å². The highest BCUT2D eigenvalue weighted by Gasteiger charge is 2.54. The molecule has 7 atom stereocenters. The van der Waals surface area contributed by atoms with Gasteiger partial charge < -0.3 is 19.5 Å². The number of hydrogen-bond acceptors (Lipinski definition) is 5. The zero-order chi connectivity index (χ0) is 23.1. The molecular formula is C29H37NO4. The minimum absolute atomic E-state index is 0.0920. The fraction of sp³-hybridized carbons (Fsp3) is 0.690. The molecule has 0 saturated heterocycles. The SMILES string of the molecule is CN1CC[C@@]23C=C[C@H](O)CC2Oc2c(OC(=O)CC45CC6CCCC(C4)C(C6)C5)ccc(c23)C1. The van der Waals surface area contributed by atoms with Crippen LogP contribution in [0.4, 0.5) is 0 Å². The summed E-state index contributed by atoms with van der Waals surface area (Å²) in [4.78, 5) is 15.7. The third-order valence-electron chi connectivity index (χ3n) is 10.3. The summed E-state index contributed by atoms with van der Waals surface area (Å²) in [5, 5.41) is 10.3. The average molecular weight is 464 g/mol. The van der Waals surface area contributed by atoms with E-state index in [2.05, 4.69) is 24.1 Å². The molecule has 2 heterocycles. The van der Waals surface area contributed by atoms with Gasteiger partial charge in [-0.1, -0.05) is 37.5 Å². The quantitative estimate of drug-likeness (QED) is 0.399. The highest BCUT2D eigenvalue weighted by atomic mass is 16.6. The number of ether oxygens (including phenoxy) is 2. The van der Waals surface area contributed by atoms with Crippen molar-refractivity contribution in [2.75, 3.05) is 13.6 Å². The Hall–Kier alpha value is -1.85. The molecule has 1 aromatic carbocycles. The van der Waals surface area contributed by atoms with E-state index < -0.39 is 6.10 Å². The molecule has 7 rings (SSSR count). The highest BCUT2D eigenvalue weighted by molar-refractivity contribution is 5.75. The lowest BCUT2D eigenvalue weighted by Crippen LogP contribution is -2.42. The van der Waals surface area contributed by atoms with Crippen LogP contribution in [0.15, 0.2) is 24.3 Å². The van der Waals surface area contributed by atoms with Crippen LogP contribution in [0, 0.1) is 23.2 Å². The molecule has 5 nitrogen and oxygen atoms in total. The van der Waals surface area contributed by atoms with Crippen molar-refractivity contribution < 1.29 is 19.4 Å².